The van der Waals surface area contributed by atoms with E-state index < -0.39 is 29.7 Å². The maximum absolute atomic E-state index is 12.7. The van der Waals surface area contributed by atoms with Crippen LogP contribution in [-0.2, 0) is 15.8 Å². The van der Waals surface area contributed by atoms with E-state index in [0.29, 0.717) is 0 Å². The van der Waals surface area contributed by atoms with Gasteiger partial charge in [-0.2, -0.15) is 13.2 Å². The van der Waals surface area contributed by atoms with Gasteiger partial charge >= 0.3 is 12.1 Å². The summed E-state index contributed by atoms with van der Waals surface area (Å²) in [6.07, 6.45) is -4.53. The fourth-order valence-corrected chi connectivity index (χ4v) is 1.99. The molecule has 1 aromatic rings. The molecule has 0 saturated heterocycles. The largest absolute Gasteiger partial charge is 0.480 e. The molecule has 1 aromatic carbocycles. The average Bonchev–Trinajstić information content (AvgIpc) is 2.33. The van der Waals surface area contributed by atoms with Gasteiger partial charge in [0.25, 0.3) is 0 Å². The lowest BCUT2D eigenvalue weighted by atomic mass is 10.2. The molecule has 0 bridgehead atoms. The molecule has 5 nitrogen and oxygen atoms in total. The van der Waals surface area contributed by atoms with Crippen molar-refractivity contribution in [2.45, 2.75) is 19.1 Å². The molecule has 1 atom stereocenters. The van der Waals surface area contributed by atoms with Gasteiger partial charge in [-0.1, -0.05) is 15.9 Å². The lowest BCUT2D eigenvalue weighted by Crippen LogP contribution is -2.44. The number of carboxylic acids is 1. The molecule has 0 aliphatic carbocycles. The van der Waals surface area contributed by atoms with E-state index in [2.05, 4.69) is 26.6 Å². The smallest absolute Gasteiger partial charge is 0.417 e. The Hall–Kier alpha value is -1.77. The first-order valence-corrected chi connectivity index (χ1v) is 6.51. The van der Waals surface area contributed by atoms with Crippen molar-refractivity contribution in [1.29, 1.82) is 0 Å². The Labute approximate surface area is 126 Å². The Kier molecular flexibility index (Phi) is 5.59. The van der Waals surface area contributed by atoms with Crippen LogP contribution in [0.3, 0.4) is 0 Å². The van der Waals surface area contributed by atoms with Gasteiger partial charge in [-0.25, -0.2) is 4.79 Å². The molecule has 0 spiro atoms. The van der Waals surface area contributed by atoms with Crippen molar-refractivity contribution < 1.29 is 27.9 Å². The zero-order valence-electron chi connectivity index (χ0n) is 10.8. The minimum Gasteiger partial charge on any atom is -0.480 e. The van der Waals surface area contributed by atoms with Gasteiger partial charge in [0.2, 0.25) is 5.91 Å². The summed E-state index contributed by atoms with van der Waals surface area (Å²) in [5, 5.41) is 13.6. The van der Waals surface area contributed by atoms with Crippen LogP contribution in [0.4, 0.5) is 18.9 Å². The van der Waals surface area contributed by atoms with Crippen LogP contribution in [-0.4, -0.2) is 29.6 Å². The molecule has 0 saturated carbocycles. The Morgan fingerprint density at radius 2 is 2.00 bits per heavy atom. The number of halogens is 4. The summed E-state index contributed by atoms with van der Waals surface area (Å²) in [6, 6.07) is 2.20. The molecule has 0 radical (unpaired) electrons. The maximum Gasteiger partial charge on any atom is 0.417 e. The van der Waals surface area contributed by atoms with Crippen LogP contribution >= 0.6 is 15.9 Å². The van der Waals surface area contributed by atoms with Crippen LogP contribution in [0.25, 0.3) is 0 Å². The second-order valence-electron chi connectivity index (χ2n) is 4.16. The summed E-state index contributed by atoms with van der Waals surface area (Å²) >= 11 is 2.80. The summed E-state index contributed by atoms with van der Waals surface area (Å²) in [4.78, 5) is 21.7. The van der Waals surface area contributed by atoms with Crippen molar-refractivity contribution >= 4 is 33.5 Å². The van der Waals surface area contributed by atoms with Gasteiger partial charge in [-0.15, -0.1) is 0 Å². The van der Waals surface area contributed by atoms with E-state index in [-0.39, 0.29) is 16.7 Å². The zero-order valence-corrected chi connectivity index (χ0v) is 12.4. The predicted octanol–water partition coefficient (Wildman–Crippen LogP) is 2.47. The highest BCUT2D eigenvalue weighted by Crippen LogP contribution is 2.36. The van der Waals surface area contributed by atoms with E-state index in [1.807, 2.05) is 0 Å². The highest BCUT2D eigenvalue weighted by molar-refractivity contribution is 9.10. The number of hydrogen-bond acceptors (Lipinski definition) is 3. The molecule has 0 heterocycles. The molecule has 3 N–H and O–H groups in total. The number of carboxylic acid groups (broad SMARTS) is 1. The molecule has 9 heteroatoms. The predicted molar refractivity (Wildman–Crippen MR) is 72.9 cm³/mol. The third-order valence-corrected chi connectivity index (χ3v) is 3.15. The van der Waals surface area contributed by atoms with Gasteiger partial charge in [0, 0.05) is 23.6 Å². The van der Waals surface area contributed by atoms with Crippen LogP contribution in [0.5, 0.6) is 0 Å². The van der Waals surface area contributed by atoms with Crippen LogP contribution in [0, 0.1) is 0 Å². The van der Waals surface area contributed by atoms with E-state index >= 15 is 0 Å². The summed E-state index contributed by atoms with van der Waals surface area (Å²) in [5.74, 6) is -1.83. The first-order valence-electron chi connectivity index (χ1n) is 5.71. The number of aliphatic carboxylic acids is 1. The number of anilines is 1. The zero-order chi connectivity index (χ0) is 16.2. The molecule has 116 valence electrons. The molecule has 0 fully saturated rings. The second kappa shape index (κ2) is 6.79. The molecular weight excluding hydrogens is 357 g/mol. The fraction of sp³-hybridized carbons (Fsp3) is 0.333. The van der Waals surface area contributed by atoms with Gasteiger partial charge in [0.05, 0.1) is 5.56 Å². The standard InChI is InChI=1S/C12H12BrF3N2O3/c1-6(19)18-10(11(20)21)5-17-7-2-3-9(13)8(4-7)12(14,15)16/h2-4,10,17H,5H2,1H3,(H,18,19)(H,20,21). The fourth-order valence-electron chi connectivity index (χ4n) is 1.52. The van der Waals surface area contributed by atoms with Gasteiger partial charge in [0.1, 0.15) is 6.04 Å². The summed E-state index contributed by atoms with van der Waals surface area (Å²) in [5.41, 5.74) is -0.777. The van der Waals surface area contributed by atoms with Crippen LogP contribution in [0.1, 0.15) is 12.5 Å². The number of rotatable bonds is 5. The van der Waals surface area contributed by atoms with E-state index in [0.717, 1.165) is 13.0 Å². The Morgan fingerprint density at radius 3 is 2.48 bits per heavy atom. The summed E-state index contributed by atoms with van der Waals surface area (Å²) in [7, 11) is 0. The van der Waals surface area contributed by atoms with E-state index in [1.54, 1.807) is 0 Å². The summed E-state index contributed by atoms with van der Waals surface area (Å²) < 4.78 is 38.0. The van der Waals surface area contributed by atoms with Gasteiger partial charge in [-0.05, 0) is 18.2 Å². The Bertz CT molecular complexity index is 549. The highest BCUT2D eigenvalue weighted by atomic mass is 79.9. The van der Waals surface area contributed by atoms with Gasteiger partial charge < -0.3 is 15.7 Å². The number of nitrogens with one attached hydrogen (secondary N) is 2. The molecular formula is C12H12BrF3N2O3. The highest BCUT2D eigenvalue weighted by Gasteiger charge is 2.33. The summed E-state index contributed by atoms with van der Waals surface area (Å²) in [6.45, 7) is 0.908. The topological polar surface area (TPSA) is 78.4 Å². The molecule has 1 rings (SSSR count). The minimum absolute atomic E-state index is 0.0992. The molecule has 0 aliphatic heterocycles. The lowest BCUT2D eigenvalue weighted by Gasteiger charge is -2.16. The Morgan fingerprint density at radius 1 is 1.38 bits per heavy atom. The van der Waals surface area contributed by atoms with Crippen LogP contribution in [0.15, 0.2) is 22.7 Å². The van der Waals surface area contributed by atoms with Gasteiger partial charge in [-0.3, -0.25) is 4.79 Å². The van der Waals surface area contributed by atoms with Crippen LogP contribution < -0.4 is 10.6 Å². The number of carbonyl (C=O) groups is 2. The number of alkyl halides is 3. The van der Waals surface area contributed by atoms with Crippen LogP contribution in [0.2, 0.25) is 0 Å². The third kappa shape index (κ3) is 5.25. The third-order valence-electron chi connectivity index (χ3n) is 2.46. The van der Waals surface area contributed by atoms with E-state index in [1.165, 1.54) is 12.1 Å². The van der Waals surface area contributed by atoms with Crippen molar-refractivity contribution in [3.8, 4) is 0 Å². The minimum atomic E-state index is -4.53. The molecule has 0 aromatic heterocycles. The first kappa shape index (κ1) is 17.3. The van der Waals surface area contributed by atoms with E-state index in [4.69, 9.17) is 5.11 Å². The van der Waals surface area contributed by atoms with Crippen molar-refractivity contribution in [3.63, 3.8) is 0 Å². The number of benzene rings is 1. The van der Waals surface area contributed by atoms with Crippen molar-refractivity contribution in [2.24, 2.45) is 0 Å². The normalized spacial score (nSPS) is 12.6. The first-order chi connectivity index (χ1) is 9.61. The van der Waals surface area contributed by atoms with Crippen molar-refractivity contribution in [1.82, 2.24) is 5.32 Å². The monoisotopic (exact) mass is 368 g/mol. The molecule has 1 unspecified atom stereocenters. The number of carbonyl (C=O) groups excluding carboxylic acids is 1. The SMILES string of the molecule is CC(=O)NC(CNc1ccc(Br)c(C(F)(F)F)c1)C(=O)O. The lowest BCUT2D eigenvalue weighted by molar-refractivity contribution is -0.141. The number of amides is 1. The van der Waals surface area contributed by atoms with Crippen molar-refractivity contribution in [2.75, 3.05) is 11.9 Å². The number of hydrogen-bond donors (Lipinski definition) is 3. The Balaban J connectivity index is 2.84. The van der Waals surface area contributed by atoms with E-state index in [9.17, 15) is 22.8 Å². The molecule has 1 amide bonds. The molecule has 21 heavy (non-hydrogen) atoms. The molecule has 0 aliphatic rings. The second-order valence-corrected chi connectivity index (χ2v) is 5.02. The van der Waals surface area contributed by atoms with Crippen molar-refractivity contribution in [3.05, 3.63) is 28.2 Å². The maximum atomic E-state index is 12.7. The quantitative estimate of drug-likeness (QED) is 0.745. The van der Waals surface area contributed by atoms with Gasteiger partial charge in [0.15, 0.2) is 0 Å². The average molecular weight is 369 g/mol.